The Kier molecular flexibility index (Phi) is 11.6. The number of urea groups is 1. The molecule has 0 rings (SSSR count). The molecule has 0 fully saturated rings. The van der Waals surface area contributed by atoms with E-state index < -0.39 is 0 Å². The normalized spacial score (nSPS) is 11.3. The van der Waals surface area contributed by atoms with Gasteiger partial charge in [-0.2, -0.15) is 0 Å². The summed E-state index contributed by atoms with van der Waals surface area (Å²) in [4.78, 5) is 16.3. The molecule has 0 aliphatic rings. The van der Waals surface area contributed by atoms with Gasteiger partial charge in [0.25, 0.3) is 6.02 Å². The number of hydrogen-bond donors (Lipinski definition) is 1. The number of amides is 2. The molecular weight excluding hydrogens is 262 g/mol. The summed E-state index contributed by atoms with van der Waals surface area (Å²) in [6.07, 6.45) is 6.01. The highest BCUT2D eigenvalue weighted by Gasteiger charge is 2.14. The van der Waals surface area contributed by atoms with Gasteiger partial charge in [0.05, 0.1) is 6.61 Å². The van der Waals surface area contributed by atoms with Gasteiger partial charge in [0.15, 0.2) is 0 Å². The quantitative estimate of drug-likeness (QED) is 0.323. The maximum absolute atomic E-state index is 12.0. The van der Waals surface area contributed by atoms with Crippen LogP contribution in [0.3, 0.4) is 0 Å². The maximum atomic E-state index is 12.0. The molecule has 0 atom stereocenters. The number of nitrogens with zero attached hydrogens (tertiary/aromatic N) is 2. The van der Waals surface area contributed by atoms with E-state index in [-0.39, 0.29) is 6.03 Å². The molecule has 0 aliphatic carbocycles. The fraction of sp³-hybridized carbons (Fsp3) is 0.846. The van der Waals surface area contributed by atoms with Crippen LogP contribution in [0.1, 0.15) is 46.5 Å². The van der Waals surface area contributed by atoms with Crippen LogP contribution in [0.5, 0.6) is 0 Å². The molecule has 0 heterocycles. The summed E-state index contributed by atoms with van der Waals surface area (Å²) in [6, 6.07) is 0.168. The Morgan fingerprint density at radius 3 is 2.47 bits per heavy atom. The monoisotopic (exact) mass is 289 g/mol. The summed E-state index contributed by atoms with van der Waals surface area (Å²) in [5.74, 6) is 0. The van der Waals surface area contributed by atoms with Gasteiger partial charge in [-0.3, -0.25) is 9.62 Å². The molecule has 0 aromatic heterocycles. The van der Waals surface area contributed by atoms with E-state index in [0.717, 1.165) is 32.2 Å². The van der Waals surface area contributed by atoms with E-state index in [9.17, 15) is 4.79 Å². The van der Waals surface area contributed by atoms with Crippen LogP contribution in [0.15, 0.2) is 4.99 Å². The molecule has 5 nitrogen and oxygen atoms in total. The molecule has 0 aromatic rings. The van der Waals surface area contributed by atoms with E-state index in [2.05, 4.69) is 24.2 Å². The molecule has 112 valence electrons. The lowest BCUT2D eigenvalue weighted by Gasteiger charge is -2.20. The lowest BCUT2D eigenvalue weighted by Crippen LogP contribution is -2.41. The molecule has 0 saturated heterocycles. The van der Waals surface area contributed by atoms with Crippen molar-refractivity contribution in [3.63, 3.8) is 0 Å². The topological polar surface area (TPSA) is 53.9 Å². The number of carbonyl (C=O) groups is 1. The van der Waals surface area contributed by atoms with E-state index >= 15 is 0 Å². The first kappa shape index (κ1) is 18.1. The Morgan fingerprint density at radius 1 is 1.26 bits per heavy atom. The van der Waals surface area contributed by atoms with Crippen molar-refractivity contribution in [3.05, 3.63) is 0 Å². The van der Waals surface area contributed by atoms with Crippen LogP contribution in [0.4, 0.5) is 4.79 Å². The molecule has 19 heavy (non-hydrogen) atoms. The second kappa shape index (κ2) is 12.1. The minimum absolute atomic E-state index is 0.162. The standard InChI is InChI=1S/C13H27N3O2S/c1-5-8-10-14-12(18-7-3)15-13(17)16(19-4)11-9-6-2/h5-11H2,1-4H3,(H,14,15,17). The van der Waals surface area contributed by atoms with Gasteiger partial charge in [-0.1, -0.05) is 26.7 Å². The number of nitrogens with one attached hydrogen (secondary N) is 1. The number of unbranched alkanes of at least 4 members (excludes halogenated alkanes) is 2. The summed E-state index contributed by atoms with van der Waals surface area (Å²) in [5.41, 5.74) is 0. The van der Waals surface area contributed by atoms with Crippen LogP contribution in [0.2, 0.25) is 0 Å². The fourth-order valence-electron chi connectivity index (χ4n) is 1.33. The molecule has 0 radical (unpaired) electrons. The van der Waals surface area contributed by atoms with Gasteiger partial charge >= 0.3 is 6.03 Å². The van der Waals surface area contributed by atoms with E-state index in [1.807, 2.05) is 13.2 Å². The largest absolute Gasteiger partial charge is 0.465 e. The predicted molar refractivity (Wildman–Crippen MR) is 82.5 cm³/mol. The summed E-state index contributed by atoms with van der Waals surface area (Å²) in [6.45, 7) is 8.01. The number of carbonyl (C=O) groups excluding carboxylic acids is 1. The first-order valence-electron chi connectivity index (χ1n) is 6.99. The molecule has 0 aliphatic heterocycles. The Bertz CT molecular complexity index is 273. The average Bonchev–Trinajstić information content (AvgIpc) is 2.40. The van der Waals surface area contributed by atoms with Gasteiger partial charge in [-0.05, 0) is 31.7 Å². The van der Waals surface area contributed by atoms with Crippen LogP contribution in [-0.4, -0.2) is 42.3 Å². The summed E-state index contributed by atoms with van der Waals surface area (Å²) in [7, 11) is 0. The Labute approximate surface area is 121 Å². The average molecular weight is 289 g/mol. The first-order chi connectivity index (χ1) is 9.19. The second-order valence-corrected chi connectivity index (χ2v) is 4.85. The number of ether oxygens (including phenoxy) is 1. The third-order valence-electron chi connectivity index (χ3n) is 2.42. The number of aliphatic imine (C=N–C) groups is 1. The molecule has 0 spiro atoms. The zero-order valence-corrected chi connectivity index (χ0v) is 13.4. The van der Waals surface area contributed by atoms with Gasteiger partial charge in [0, 0.05) is 19.3 Å². The van der Waals surface area contributed by atoms with Crippen molar-refractivity contribution in [1.29, 1.82) is 0 Å². The van der Waals surface area contributed by atoms with Crippen molar-refractivity contribution < 1.29 is 9.53 Å². The number of hydrogen-bond acceptors (Lipinski definition) is 4. The van der Waals surface area contributed by atoms with Crippen LogP contribution < -0.4 is 5.32 Å². The van der Waals surface area contributed by atoms with Crippen molar-refractivity contribution >= 4 is 24.0 Å². The molecule has 2 amide bonds. The van der Waals surface area contributed by atoms with Crippen LogP contribution in [0.25, 0.3) is 0 Å². The molecule has 0 saturated carbocycles. The highest BCUT2D eigenvalue weighted by Crippen LogP contribution is 2.07. The lowest BCUT2D eigenvalue weighted by molar-refractivity contribution is 0.225. The Balaban J connectivity index is 4.37. The summed E-state index contributed by atoms with van der Waals surface area (Å²) < 4.78 is 7.03. The van der Waals surface area contributed by atoms with Gasteiger partial charge in [-0.25, -0.2) is 9.79 Å². The predicted octanol–water partition coefficient (Wildman–Crippen LogP) is 3.27. The van der Waals surface area contributed by atoms with E-state index in [1.54, 1.807) is 4.31 Å². The van der Waals surface area contributed by atoms with Gasteiger partial charge in [0.2, 0.25) is 0 Å². The molecule has 0 aromatic carbocycles. The number of rotatable bonds is 8. The van der Waals surface area contributed by atoms with Gasteiger partial charge in [-0.15, -0.1) is 0 Å². The Hall–Kier alpha value is -0.910. The zero-order chi connectivity index (χ0) is 14.5. The Morgan fingerprint density at radius 2 is 1.95 bits per heavy atom. The summed E-state index contributed by atoms with van der Waals surface area (Å²) >= 11 is 1.42. The van der Waals surface area contributed by atoms with E-state index in [0.29, 0.717) is 19.2 Å². The van der Waals surface area contributed by atoms with Crippen molar-refractivity contribution in [2.24, 2.45) is 4.99 Å². The highest BCUT2D eigenvalue weighted by molar-refractivity contribution is 7.96. The van der Waals surface area contributed by atoms with Gasteiger partial charge in [0.1, 0.15) is 0 Å². The number of amidine groups is 1. The zero-order valence-electron chi connectivity index (χ0n) is 12.6. The van der Waals surface area contributed by atoms with Crippen LogP contribution in [0, 0.1) is 0 Å². The smallest absolute Gasteiger partial charge is 0.335 e. The van der Waals surface area contributed by atoms with E-state index in [1.165, 1.54) is 11.9 Å². The van der Waals surface area contributed by atoms with Gasteiger partial charge < -0.3 is 4.74 Å². The SMILES string of the molecule is CCCCN=C(NC(=O)N(CCCC)SC)OCC. The minimum atomic E-state index is -0.162. The van der Waals surface area contributed by atoms with Crippen molar-refractivity contribution in [2.75, 3.05) is 26.0 Å². The first-order valence-corrected chi connectivity index (χ1v) is 8.17. The summed E-state index contributed by atoms with van der Waals surface area (Å²) in [5, 5.41) is 2.73. The molecule has 0 unspecified atom stereocenters. The molecule has 0 bridgehead atoms. The van der Waals surface area contributed by atoms with Crippen LogP contribution >= 0.6 is 11.9 Å². The molecule has 6 heteroatoms. The minimum Gasteiger partial charge on any atom is -0.465 e. The van der Waals surface area contributed by atoms with Crippen molar-refractivity contribution in [3.8, 4) is 0 Å². The van der Waals surface area contributed by atoms with Crippen molar-refractivity contribution in [1.82, 2.24) is 9.62 Å². The second-order valence-electron chi connectivity index (χ2n) is 4.04. The third-order valence-corrected chi connectivity index (χ3v) is 3.21. The maximum Gasteiger partial charge on any atom is 0.335 e. The molecular formula is C13H27N3O2S. The lowest BCUT2D eigenvalue weighted by atomic mass is 10.3. The fourth-order valence-corrected chi connectivity index (χ4v) is 1.85. The van der Waals surface area contributed by atoms with Crippen LogP contribution in [-0.2, 0) is 4.74 Å². The van der Waals surface area contributed by atoms with Crippen molar-refractivity contribution in [2.45, 2.75) is 46.5 Å². The highest BCUT2D eigenvalue weighted by atomic mass is 32.2. The third kappa shape index (κ3) is 8.75. The molecule has 1 N–H and O–H groups in total. The van der Waals surface area contributed by atoms with E-state index in [4.69, 9.17) is 4.74 Å².